The molecule has 0 N–H and O–H groups in total. The van der Waals surface area contributed by atoms with Crippen LogP contribution in [0.2, 0.25) is 5.02 Å². The molecule has 1 aliphatic heterocycles. The van der Waals surface area contributed by atoms with E-state index in [2.05, 4.69) is 14.9 Å². The van der Waals surface area contributed by atoms with E-state index >= 15 is 0 Å². The van der Waals surface area contributed by atoms with E-state index in [1.165, 1.54) is 7.11 Å². The molecule has 1 saturated heterocycles. The second kappa shape index (κ2) is 9.50. The van der Waals surface area contributed by atoms with Gasteiger partial charge in [-0.2, -0.15) is 0 Å². The summed E-state index contributed by atoms with van der Waals surface area (Å²) in [6.07, 6.45) is 4.80. The number of halogens is 1. The van der Waals surface area contributed by atoms with Gasteiger partial charge in [0, 0.05) is 43.0 Å². The van der Waals surface area contributed by atoms with Gasteiger partial charge in [-0.05, 0) is 36.6 Å². The van der Waals surface area contributed by atoms with Gasteiger partial charge in [0.1, 0.15) is 6.54 Å². The van der Waals surface area contributed by atoms with E-state index in [1.54, 1.807) is 35.5 Å². The van der Waals surface area contributed by atoms with Gasteiger partial charge in [-0.1, -0.05) is 23.7 Å². The molecule has 0 atom stereocenters. The summed E-state index contributed by atoms with van der Waals surface area (Å²) in [4.78, 5) is 37.1. The summed E-state index contributed by atoms with van der Waals surface area (Å²) in [7, 11) is 1.33. The van der Waals surface area contributed by atoms with Crippen molar-refractivity contribution in [3.63, 3.8) is 0 Å². The van der Waals surface area contributed by atoms with Crippen molar-refractivity contribution in [3.05, 3.63) is 53.3 Å². The summed E-state index contributed by atoms with van der Waals surface area (Å²) in [5.74, 6) is 0.0734. The fourth-order valence-corrected chi connectivity index (χ4v) is 3.41. The van der Waals surface area contributed by atoms with Crippen LogP contribution in [0.4, 0.5) is 5.95 Å². The van der Waals surface area contributed by atoms with Crippen molar-refractivity contribution in [3.8, 4) is 0 Å². The molecule has 1 aliphatic rings. The number of nitrogens with zero attached hydrogens (tertiary/aromatic N) is 4. The number of rotatable bonds is 6. The van der Waals surface area contributed by atoms with Gasteiger partial charge in [0.25, 0.3) is 0 Å². The average Bonchev–Trinajstić information content (AvgIpc) is 2.75. The number of anilines is 1. The maximum absolute atomic E-state index is 13.1. The molecule has 7 nitrogen and oxygen atoms in total. The molecule has 1 aromatic carbocycles. The molecule has 3 rings (SSSR count). The third-order valence-electron chi connectivity index (χ3n) is 4.83. The highest BCUT2D eigenvalue weighted by Crippen LogP contribution is 2.23. The van der Waals surface area contributed by atoms with E-state index in [-0.39, 0.29) is 18.4 Å². The molecule has 1 aromatic heterocycles. The number of aromatic nitrogens is 2. The maximum atomic E-state index is 13.1. The number of carbonyl (C=O) groups excluding carboxylic acids is 2. The molecule has 8 heteroatoms. The predicted molar refractivity (Wildman–Crippen MR) is 106 cm³/mol. The number of hydrogen-bond acceptors (Lipinski definition) is 6. The molecule has 2 heterocycles. The topological polar surface area (TPSA) is 75.6 Å². The van der Waals surface area contributed by atoms with Crippen LogP contribution in [0.15, 0.2) is 42.7 Å². The molecular weight excluding hydrogens is 380 g/mol. The van der Waals surface area contributed by atoms with Crippen molar-refractivity contribution >= 4 is 29.4 Å². The van der Waals surface area contributed by atoms with Crippen molar-refractivity contribution in [1.29, 1.82) is 0 Å². The number of methoxy groups -OCH3 is 1. The highest BCUT2D eigenvalue weighted by molar-refractivity contribution is 6.30. The predicted octanol–water partition coefficient (Wildman–Crippen LogP) is 2.55. The lowest BCUT2D eigenvalue weighted by atomic mass is 9.95. The quantitative estimate of drug-likeness (QED) is 0.691. The minimum atomic E-state index is -0.433. The first-order chi connectivity index (χ1) is 13.6. The van der Waals surface area contributed by atoms with Crippen LogP contribution in [0.25, 0.3) is 0 Å². The first-order valence-corrected chi connectivity index (χ1v) is 9.56. The molecule has 28 heavy (non-hydrogen) atoms. The largest absolute Gasteiger partial charge is 0.468 e. The molecule has 0 unspecified atom stereocenters. The zero-order valence-electron chi connectivity index (χ0n) is 15.8. The lowest BCUT2D eigenvalue weighted by Crippen LogP contribution is -2.44. The van der Waals surface area contributed by atoms with Crippen LogP contribution in [0.3, 0.4) is 0 Å². The zero-order valence-corrected chi connectivity index (χ0v) is 16.5. The molecule has 1 amide bonds. The molecule has 0 radical (unpaired) electrons. The summed E-state index contributed by atoms with van der Waals surface area (Å²) in [5.41, 5.74) is 0.914. The Morgan fingerprint density at radius 2 is 1.82 bits per heavy atom. The lowest BCUT2D eigenvalue weighted by Gasteiger charge is -2.34. The Kier molecular flexibility index (Phi) is 6.81. The van der Waals surface area contributed by atoms with Crippen LogP contribution in [0, 0.1) is 5.92 Å². The Bertz CT molecular complexity index is 793. The van der Waals surface area contributed by atoms with Gasteiger partial charge < -0.3 is 14.5 Å². The van der Waals surface area contributed by atoms with E-state index in [4.69, 9.17) is 16.3 Å². The van der Waals surface area contributed by atoms with Gasteiger partial charge in [0.2, 0.25) is 11.9 Å². The van der Waals surface area contributed by atoms with Crippen molar-refractivity contribution in [1.82, 2.24) is 14.9 Å². The van der Waals surface area contributed by atoms with Crippen molar-refractivity contribution in [2.24, 2.45) is 5.92 Å². The summed E-state index contributed by atoms with van der Waals surface area (Å²) in [5, 5.41) is 0.630. The summed E-state index contributed by atoms with van der Waals surface area (Å²) in [6.45, 7) is 1.67. The second-order valence-electron chi connectivity index (χ2n) is 6.71. The first-order valence-electron chi connectivity index (χ1n) is 9.19. The molecule has 0 bridgehead atoms. The third-order valence-corrected chi connectivity index (χ3v) is 5.08. The average molecular weight is 403 g/mol. The maximum Gasteiger partial charge on any atom is 0.325 e. The smallest absolute Gasteiger partial charge is 0.325 e. The van der Waals surface area contributed by atoms with Gasteiger partial charge in [0.05, 0.1) is 7.11 Å². The number of carbonyl (C=O) groups is 2. The monoisotopic (exact) mass is 402 g/mol. The molecule has 0 saturated carbocycles. The molecule has 148 valence electrons. The van der Waals surface area contributed by atoms with Crippen LogP contribution in [-0.2, 0) is 20.9 Å². The normalized spacial score (nSPS) is 14.6. The molecular formula is C20H23ClN4O3. The minimum Gasteiger partial charge on any atom is -0.468 e. The van der Waals surface area contributed by atoms with Crippen LogP contribution < -0.4 is 4.90 Å². The highest BCUT2D eigenvalue weighted by atomic mass is 35.5. The van der Waals surface area contributed by atoms with Crippen molar-refractivity contribution in [2.45, 2.75) is 19.4 Å². The Morgan fingerprint density at radius 1 is 1.18 bits per heavy atom. The van der Waals surface area contributed by atoms with Gasteiger partial charge in [-0.25, -0.2) is 9.97 Å². The summed E-state index contributed by atoms with van der Waals surface area (Å²) < 4.78 is 4.77. The Morgan fingerprint density at radius 3 is 2.43 bits per heavy atom. The van der Waals surface area contributed by atoms with Crippen LogP contribution in [0.1, 0.15) is 18.4 Å². The highest BCUT2D eigenvalue weighted by Gasteiger charge is 2.30. The van der Waals surface area contributed by atoms with E-state index in [1.807, 2.05) is 12.1 Å². The van der Waals surface area contributed by atoms with Gasteiger partial charge in [0.15, 0.2) is 0 Å². The van der Waals surface area contributed by atoms with E-state index in [0.717, 1.165) is 5.56 Å². The third kappa shape index (κ3) is 5.19. The fourth-order valence-electron chi connectivity index (χ4n) is 3.28. The van der Waals surface area contributed by atoms with E-state index < -0.39 is 5.97 Å². The number of piperidine rings is 1. The summed E-state index contributed by atoms with van der Waals surface area (Å²) >= 11 is 5.93. The number of amides is 1. The van der Waals surface area contributed by atoms with Gasteiger partial charge >= 0.3 is 5.97 Å². The molecule has 2 aromatic rings. The molecule has 0 spiro atoms. The standard InChI is InChI=1S/C20H23ClN4O3/c1-28-18(26)14-25(13-15-3-5-17(21)6-4-15)19(27)16-7-11-24(12-8-16)20-22-9-2-10-23-20/h2-6,9-10,16H,7-8,11-14H2,1H3. The van der Waals surface area contributed by atoms with Gasteiger partial charge in [-0.3, -0.25) is 9.59 Å². The van der Waals surface area contributed by atoms with Crippen LogP contribution in [-0.4, -0.2) is 53.5 Å². The number of benzene rings is 1. The summed E-state index contributed by atoms with van der Waals surface area (Å²) in [6, 6.07) is 9.04. The zero-order chi connectivity index (χ0) is 19.9. The fraction of sp³-hybridized carbons (Fsp3) is 0.400. The van der Waals surface area contributed by atoms with Gasteiger partial charge in [-0.15, -0.1) is 0 Å². The minimum absolute atomic E-state index is 0.0334. The van der Waals surface area contributed by atoms with E-state index in [9.17, 15) is 9.59 Å². The van der Waals surface area contributed by atoms with Crippen LogP contribution >= 0.6 is 11.6 Å². The second-order valence-corrected chi connectivity index (χ2v) is 7.14. The number of hydrogen-bond donors (Lipinski definition) is 0. The number of esters is 1. The SMILES string of the molecule is COC(=O)CN(Cc1ccc(Cl)cc1)C(=O)C1CCN(c2ncccn2)CC1. The van der Waals surface area contributed by atoms with Crippen molar-refractivity contribution < 1.29 is 14.3 Å². The van der Waals surface area contributed by atoms with Crippen molar-refractivity contribution in [2.75, 3.05) is 31.6 Å². The first kappa shape index (κ1) is 20.1. The molecule has 1 fully saturated rings. The number of ether oxygens (including phenoxy) is 1. The lowest BCUT2D eigenvalue weighted by molar-refractivity contribution is -0.149. The Hall–Kier alpha value is -2.67. The van der Waals surface area contributed by atoms with E-state index in [0.29, 0.717) is 43.4 Å². The Balaban J connectivity index is 1.65. The Labute approximate surface area is 169 Å². The molecule has 0 aliphatic carbocycles. The van der Waals surface area contributed by atoms with Crippen LogP contribution in [0.5, 0.6) is 0 Å².